The summed E-state index contributed by atoms with van der Waals surface area (Å²) in [7, 11) is 2.17. The van der Waals surface area contributed by atoms with Crippen LogP contribution in [0.5, 0.6) is 5.75 Å². The minimum Gasteiger partial charge on any atom is -0.494 e. The first kappa shape index (κ1) is 17.0. The zero-order chi connectivity index (χ0) is 14.8. The van der Waals surface area contributed by atoms with Crippen molar-refractivity contribution in [1.29, 1.82) is 0 Å². The molecular weight excluding hydrogens is 248 g/mol. The van der Waals surface area contributed by atoms with Crippen molar-refractivity contribution in [3.63, 3.8) is 0 Å². The number of nitrogens with zero attached hydrogens (tertiary/aromatic N) is 1. The van der Waals surface area contributed by atoms with Gasteiger partial charge in [0.1, 0.15) is 5.75 Å². The van der Waals surface area contributed by atoms with Crippen molar-refractivity contribution in [2.75, 3.05) is 39.8 Å². The second kappa shape index (κ2) is 9.78. The summed E-state index contributed by atoms with van der Waals surface area (Å²) in [6.07, 6.45) is 1.06. The zero-order valence-electron chi connectivity index (χ0n) is 13.5. The lowest BCUT2D eigenvalue weighted by Gasteiger charge is -2.17. The Kier molecular flexibility index (Phi) is 8.31. The zero-order valence-corrected chi connectivity index (χ0v) is 13.5. The van der Waals surface area contributed by atoms with Gasteiger partial charge in [0.15, 0.2) is 0 Å². The van der Waals surface area contributed by atoms with Gasteiger partial charge in [-0.05, 0) is 50.6 Å². The van der Waals surface area contributed by atoms with E-state index in [1.165, 1.54) is 5.56 Å². The summed E-state index contributed by atoms with van der Waals surface area (Å²) < 4.78 is 5.75. The van der Waals surface area contributed by atoms with Gasteiger partial charge in [-0.15, -0.1) is 0 Å². The average Bonchev–Trinajstić information content (AvgIpc) is 2.40. The van der Waals surface area contributed by atoms with E-state index in [9.17, 15) is 0 Å². The summed E-state index contributed by atoms with van der Waals surface area (Å²) in [6.45, 7) is 11.7. The van der Waals surface area contributed by atoms with Gasteiger partial charge < -0.3 is 15.0 Å². The first-order valence-corrected chi connectivity index (χ1v) is 7.66. The molecule has 1 aromatic carbocycles. The van der Waals surface area contributed by atoms with Crippen LogP contribution >= 0.6 is 0 Å². The summed E-state index contributed by atoms with van der Waals surface area (Å²) in [4.78, 5) is 2.35. The quantitative estimate of drug-likeness (QED) is 0.666. The summed E-state index contributed by atoms with van der Waals surface area (Å²) >= 11 is 0. The lowest BCUT2D eigenvalue weighted by Crippen LogP contribution is -2.32. The summed E-state index contributed by atoms with van der Waals surface area (Å²) in [6, 6.07) is 8.23. The van der Waals surface area contributed by atoms with Gasteiger partial charge in [-0.2, -0.15) is 0 Å². The number of hydrogen-bond donors (Lipinski definition) is 1. The molecule has 0 bridgehead atoms. The van der Waals surface area contributed by atoms with E-state index in [1.54, 1.807) is 0 Å². The largest absolute Gasteiger partial charge is 0.494 e. The third-order valence-electron chi connectivity index (χ3n) is 3.17. The highest BCUT2D eigenvalue weighted by Gasteiger charge is 2.00. The summed E-state index contributed by atoms with van der Waals surface area (Å²) in [5.41, 5.74) is 1.25. The lowest BCUT2D eigenvalue weighted by molar-refractivity contribution is 0.262. The molecule has 0 aromatic heterocycles. The number of hydrogen-bond acceptors (Lipinski definition) is 3. The first-order valence-electron chi connectivity index (χ1n) is 7.66. The number of benzene rings is 1. The predicted molar refractivity (Wildman–Crippen MR) is 86.5 cm³/mol. The minimum absolute atomic E-state index is 0.725. The fourth-order valence-corrected chi connectivity index (χ4v) is 2.00. The van der Waals surface area contributed by atoms with E-state index in [4.69, 9.17) is 4.74 Å². The number of likely N-dealkylation sites (N-methyl/N-ethyl adjacent to an activating group) is 1. The maximum atomic E-state index is 5.75. The summed E-state index contributed by atoms with van der Waals surface area (Å²) in [5, 5.41) is 3.47. The molecule has 0 aliphatic rings. The molecule has 0 amide bonds. The first-order chi connectivity index (χ1) is 9.58. The van der Waals surface area contributed by atoms with E-state index >= 15 is 0 Å². The van der Waals surface area contributed by atoms with Gasteiger partial charge >= 0.3 is 0 Å². The molecule has 0 atom stereocenters. The average molecular weight is 278 g/mol. The highest BCUT2D eigenvalue weighted by molar-refractivity contribution is 5.27. The molecule has 1 rings (SSSR count). The van der Waals surface area contributed by atoms with Crippen LogP contribution < -0.4 is 10.1 Å². The van der Waals surface area contributed by atoms with Gasteiger partial charge in [0, 0.05) is 19.6 Å². The molecule has 0 radical (unpaired) electrons. The lowest BCUT2D eigenvalue weighted by atomic mass is 10.2. The Morgan fingerprint density at radius 3 is 2.75 bits per heavy atom. The van der Waals surface area contributed by atoms with Crippen LogP contribution in [0.1, 0.15) is 25.8 Å². The van der Waals surface area contributed by atoms with E-state index in [2.05, 4.69) is 50.2 Å². The number of nitrogens with one attached hydrogen (secondary N) is 1. The van der Waals surface area contributed by atoms with Crippen LogP contribution in [0, 0.1) is 12.8 Å². The normalized spacial score (nSPS) is 11.3. The molecular formula is C17H30N2O. The van der Waals surface area contributed by atoms with Gasteiger partial charge in [0.25, 0.3) is 0 Å². The topological polar surface area (TPSA) is 24.5 Å². The predicted octanol–water partition coefficient (Wildman–Crippen LogP) is 2.94. The smallest absolute Gasteiger partial charge is 0.119 e. The molecule has 0 aliphatic heterocycles. The van der Waals surface area contributed by atoms with Gasteiger partial charge in [-0.1, -0.05) is 26.0 Å². The summed E-state index contributed by atoms with van der Waals surface area (Å²) in [5.74, 6) is 1.70. The van der Waals surface area contributed by atoms with Gasteiger partial charge in [-0.3, -0.25) is 0 Å². The van der Waals surface area contributed by atoms with Crippen LogP contribution in [0.15, 0.2) is 24.3 Å². The molecule has 0 heterocycles. The van der Waals surface area contributed by atoms with E-state index in [0.29, 0.717) is 0 Å². The molecule has 0 spiro atoms. The number of aryl methyl sites for hydroxylation is 1. The Hall–Kier alpha value is -1.06. The molecule has 1 aromatic rings. The van der Waals surface area contributed by atoms with Crippen molar-refractivity contribution in [1.82, 2.24) is 10.2 Å². The van der Waals surface area contributed by atoms with E-state index in [-0.39, 0.29) is 0 Å². The second-order valence-corrected chi connectivity index (χ2v) is 5.92. The molecule has 20 heavy (non-hydrogen) atoms. The second-order valence-electron chi connectivity index (χ2n) is 5.92. The van der Waals surface area contributed by atoms with Crippen molar-refractivity contribution < 1.29 is 4.74 Å². The standard InChI is InChI=1S/C17H30N2O/c1-15(2)14-18-9-11-19(4)10-6-12-20-17-8-5-7-16(3)13-17/h5,7-8,13,15,18H,6,9-12,14H2,1-4H3. The van der Waals surface area contributed by atoms with Gasteiger partial charge in [-0.25, -0.2) is 0 Å². The monoisotopic (exact) mass is 278 g/mol. The number of ether oxygens (including phenoxy) is 1. The van der Waals surface area contributed by atoms with Crippen molar-refractivity contribution >= 4 is 0 Å². The maximum absolute atomic E-state index is 5.75. The van der Waals surface area contributed by atoms with Gasteiger partial charge in [0.2, 0.25) is 0 Å². The Morgan fingerprint density at radius 2 is 2.05 bits per heavy atom. The third-order valence-corrected chi connectivity index (χ3v) is 3.17. The highest BCUT2D eigenvalue weighted by atomic mass is 16.5. The van der Waals surface area contributed by atoms with Crippen molar-refractivity contribution in [2.45, 2.75) is 27.2 Å². The van der Waals surface area contributed by atoms with Crippen molar-refractivity contribution in [3.8, 4) is 5.75 Å². The van der Waals surface area contributed by atoms with Gasteiger partial charge in [0.05, 0.1) is 6.61 Å². The van der Waals surface area contributed by atoms with E-state index in [1.807, 2.05) is 12.1 Å². The molecule has 3 nitrogen and oxygen atoms in total. The minimum atomic E-state index is 0.725. The van der Waals surface area contributed by atoms with Crippen LogP contribution in [-0.2, 0) is 0 Å². The van der Waals surface area contributed by atoms with E-state index in [0.717, 1.165) is 50.9 Å². The molecule has 0 aliphatic carbocycles. The Bertz CT molecular complexity index is 366. The van der Waals surface area contributed by atoms with Crippen molar-refractivity contribution in [3.05, 3.63) is 29.8 Å². The third kappa shape index (κ3) is 8.18. The van der Waals surface area contributed by atoms with Crippen LogP contribution in [-0.4, -0.2) is 44.7 Å². The van der Waals surface area contributed by atoms with Crippen LogP contribution in [0.25, 0.3) is 0 Å². The Balaban J connectivity index is 2.03. The molecule has 0 fully saturated rings. The fraction of sp³-hybridized carbons (Fsp3) is 0.647. The molecule has 0 saturated carbocycles. The van der Waals surface area contributed by atoms with Crippen LogP contribution in [0.4, 0.5) is 0 Å². The molecule has 0 unspecified atom stereocenters. The Morgan fingerprint density at radius 1 is 1.25 bits per heavy atom. The Labute approximate surface area is 124 Å². The fourth-order valence-electron chi connectivity index (χ4n) is 2.00. The van der Waals surface area contributed by atoms with Crippen molar-refractivity contribution in [2.24, 2.45) is 5.92 Å². The molecule has 0 saturated heterocycles. The maximum Gasteiger partial charge on any atom is 0.119 e. The highest BCUT2D eigenvalue weighted by Crippen LogP contribution is 2.12. The molecule has 3 heteroatoms. The molecule has 114 valence electrons. The van der Waals surface area contributed by atoms with Crippen LogP contribution in [0.3, 0.4) is 0 Å². The number of rotatable bonds is 10. The van der Waals surface area contributed by atoms with E-state index < -0.39 is 0 Å². The SMILES string of the molecule is Cc1cccc(OCCCN(C)CCNCC(C)C)c1. The van der Waals surface area contributed by atoms with Crippen LogP contribution in [0.2, 0.25) is 0 Å². The molecule has 1 N–H and O–H groups in total.